The van der Waals surface area contributed by atoms with Gasteiger partial charge in [0.2, 0.25) is 5.91 Å². The number of unbranched alkanes of at least 4 members (excludes halogenated alkanes) is 38. The molecule has 64 heavy (non-hydrogen) atoms. The first-order chi connectivity index (χ1) is 31.5. The van der Waals surface area contributed by atoms with Crippen LogP contribution in [0.5, 0.6) is 0 Å². The van der Waals surface area contributed by atoms with Crippen LogP contribution in [0.3, 0.4) is 0 Å². The van der Waals surface area contributed by atoms with Gasteiger partial charge in [0.05, 0.1) is 25.4 Å². The first-order valence-electron chi connectivity index (χ1n) is 28.6. The number of ether oxygens (including phenoxy) is 1. The predicted molar refractivity (Wildman–Crippen MR) is 278 cm³/mol. The third-order valence-corrected chi connectivity index (χ3v) is 13.2. The summed E-state index contributed by atoms with van der Waals surface area (Å²) in [4.78, 5) is 24.5. The van der Waals surface area contributed by atoms with Crippen LogP contribution in [0.25, 0.3) is 0 Å². The lowest BCUT2D eigenvalue weighted by molar-refractivity contribution is -0.143. The fourth-order valence-electron chi connectivity index (χ4n) is 8.81. The van der Waals surface area contributed by atoms with Crippen molar-refractivity contribution in [3.63, 3.8) is 0 Å². The van der Waals surface area contributed by atoms with E-state index < -0.39 is 12.1 Å². The molecule has 0 rings (SSSR count). The van der Waals surface area contributed by atoms with Crippen molar-refractivity contribution in [1.82, 2.24) is 5.32 Å². The summed E-state index contributed by atoms with van der Waals surface area (Å²) in [5.74, 6) is -0.131. The van der Waals surface area contributed by atoms with Crippen LogP contribution in [-0.4, -0.2) is 47.4 Å². The van der Waals surface area contributed by atoms with Crippen LogP contribution in [0.1, 0.15) is 309 Å². The van der Waals surface area contributed by atoms with Gasteiger partial charge in [-0.05, 0) is 70.6 Å². The summed E-state index contributed by atoms with van der Waals surface area (Å²) in [6, 6.07) is -0.580. The van der Waals surface area contributed by atoms with E-state index in [1.54, 1.807) is 0 Å². The van der Waals surface area contributed by atoms with E-state index in [2.05, 4.69) is 43.5 Å². The zero-order valence-corrected chi connectivity index (χ0v) is 43.0. The lowest BCUT2D eigenvalue weighted by atomic mass is 10.0. The summed E-state index contributed by atoms with van der Waals surface area (Å²) in [5.41, 5.74) is 0. The maximum absolute atomic E-state index is 12.5. The van der Waals surface area contributed by atoms with Crippen LogP contribution >= 0.6 is 0 Å². The largest absolute Gasteiger partial charge is 0.466 e. The Bertz CT molecular complexity index is 997. The molecule has 0 spiro atoms. The predicted octanol–water partition coefficient (Wildman–Crippen LogP) is 17.5. The van der Waals surface area contributed by atoms with Crippen molar-refractivity contribution >= 4 is 11.9 Å². The highest BCUT2D eigenvalue weighted by Gasteiger charge is 2.20. The number of hydrogen-bond acceptors (Lipinski definition) is 5. The van der Waals surface area contributed by atoms with Crippen molar-refractivity contribution in [3.8, 4) is 0 Å². The molecule has 0 heterocycles. The summed E-state index contributed by atoms with van der Waals surface area (Å²) in [6.45, 7) is 4.87. The Morgan fingerprint density at radius 2 is 0.750 bits per heavy atom. The summed E-state index contributed by atoms with van der Waals surface area (Å²) >= 11 is 0. The molecule has 6 heteroatoms. The van der Waals surface area contributed by atoms with E-state index in [1.807, 2.05) is 0 Å². The van der Waals surface area contributed by atoms with E-state index in [4.69, 9.17) is 4.74 Å². The highest BCUT2D eigenvalue weighted by atomic mass is 16.5. The minimum Gasteiger partial charge on any atom is -0.466 e. The molecule has 0 aliphatic rings. The third-order valence-electron chi connectivity index (χ3n) is 13.2. The first kappa shape index (κ1) is 62.3. The van der Waals surface area contributed by atoms with Crippen molar-refractivity contribution in [2.24, 2.45) is 0 Å². The monoisotopic (exact) mass is 902 g/mol. The second-order valence-corrected chi connectivity index (χ2v) is 19.6. The van der Waals surface area contributed by atoms with Gasteiger partial charge in [0.25, 0.3) is 0 Å². The van der Waals surface area contributed by atoms with Gasteiger partial charge in [-0.3, -0.25) is 9.59 Å². The maximum Gasteiger partial charge on any atom is 0.305 e. The molecule has 0 aliphatic heterocycles. The van der Waals surface area contributed by atoms with Crippen molar-refractivity contribution < 1.29 is 24.5 Å². The van der Waals surface area contributed by atoms with Crippen molar-refractivity contribution in [2.45, 2.75) is 321 Å². The quantitative estimate of drug-likeness (QED) is 0.0321. The van der Waals surface area contributed by atoms with E-state index in [-0.39, 0.29) is 18.5 Å². The second-order valence-electron chi connectivity index (χ2n) is 19.6. The molecule has 0 saturated heterocycles. The number of nitrogens with one attached hydrogen (secondary N) is 1. The summed E-state index contributed by atoms with van der Waals surface area (Å²) in [7, 11) is 0. The van der Waals surface area contributed by atoms with E-state index in [0.717, 1.165) is 70.6 Å². The molecule has 0 aromatic heterocycles. The molecule has 2 unspecified atom stereocenters. The number of amides is 1. The Morgan fingerprint density at radius 1 is 0.422 bits per heavy atom. The van der Waals surface area contributed by atoms with Crippen LogP contribution in [-0.2, 0) is 14.3 Å². The van der Waals surface area contributed by atoms with Crippen LogP contribution in [0.4, 0.5) is 0 Å². The fourth-order valence-corrected chi connectivity index (χ4v) is 8.81. The molecule has 6 nitrogen and oxygen atoms in total. The van der Waals surface area contributed by atoms with Crippen molar-refractivity contribution in [2.75, 3.05) is 13.2 Å². The molecule has 1 amide bonds. The minimum absolute atomic E-state index is 0.0382. The number of aliphatic hydroxyl groups excluding tert-OH is 2. The summed E-state index contributed by atoms with van der Waals surface area (Å²) in [6.07, 6.45) is 64.6. The molecule has 378 valence electrons. The number of aliphatic hydroxyl groups is 2. The smallest absolute Gasteiger partial charge is 0.305 e. The molecule has 0 saturated carbocycles. The molecule has 0 radical (unpaired) electrons. The maximum atomic E-state index is 12.5. The van der Waals surface area contributed by atoms with Crippen LogP contribution in [0, 0.1) is 0 Å². The van der Waals surface area contributed by atoms with Gasteiger partial charge in [0.15, 0.2) is 0 Å². The molecule has 3 N–H and O–H groups in total. The van der Waals surface area contributed by atoms with E-state index >= 15 is 0 Å². The van der Waals surface area contributed by atoms with Gasteiger partial charge in [-0.25, -0.2) is 0 Å². The zero-order valence-electron chi connectivity index (χ0n) is 43.0. The second kappa shape index (κ2) is 54.0. The van der Waals surface area contributed by atoms with Gasteiger partial charge in [-0.15, -0.1) is 0 Å². The van der Waals surface area contributed by atoms with Gasteiger partial charge >= 0.3 is 5.97 Å². The van der Waals surface area contributed by atoms with Crippen molar-refractivity contribution in [3.05, 3.63) is 24.3 Å². The lowest BCUT2D eigenvalue weighted by Crippen LogP contribution is -2.45. The Balaban J connectivity index is 3.52. The van der Waals surface area contributed by atoms with Crippen LogP contribution < -0.4 is 5.32 Å². The Morgan fingerprint density at radius 3 is 1.14 bits per heavy atom. The molecular formula is C58H111NO5. The molecular weight excluding hydrogens is 791 g/mol. The number of carbonyl (C=O) groups excluding carboxylic acids is 2. The summed E-state index contributed by atoms with van der Waals surface area (Å²) < 4.78 is 5.45. The standard InChI is InChI=1S/C58H111NO5/c1-3-5-7-9-11-13-15-17-19-21-22-23-24-26-27-29-31-34-38-42-46-50-56(61)55(54-60)59-57(62)51-47-43-39-35-33-37-41-45-49-53-64-58(63)52-48-44-40-36-32-30-28-25-20-18-16-14-12-10-8-6-4-2/h18,20,35,39,55-56,60-61H,3-17,19,21-34,36-38,40-54H2,1-2H3,(H,59,62)/b20-18-,39-35-. The van der Waals surface area contributed by atoms with Gasteiger partial charge in [-0.1, -0.05) is 250 Å². The SMILES string of the molecule is CCCCCCCC/C=C\CCCCCCCCCC(=O)OCCCCCC/C=C\CCCC(=O)NC(CO)C(O)CCCCCCCCCCCCCCCCCCCCCCC. The fraction of sp³-hybridized carbons (Fsp3) is 0.897. The van der Waals surface area contributed by atoms with Gasteiger partial charge in [0.1, 0.15) is 0 Å². The molecule has 0 aromatic carbocycles. The topological polar surface area (TPSA) is 95.9 Å². The minimum atomic E-state index is -0.696. The normalized spacial score (nSPS) is 12.8. The number of esters is 1. The van der Waals surface area contributed by atoms with Gasteiger partial charge in [-0.2, -0.15) is 0 Å². The number of carbonyl (C=O) groups is 2. The van der Waals surface area contributed by atoms with Crippen LogP contribution in [0.2, 0.25) is 0 Å². The number of rotatable bonds is 53. The first-order valence-corrected chi connectivity index (χ1v) is 28.6. The Labute approximate surface area is 399 Å². The lowest BCUT2D eigenvalue weighted by Gasteiger charge is -2.22. The highest BCUT2D eigenvalue weighted by Crippen LogP contribution is 2.17. The Hall–Kier alpha value is -1.66. The Kier molecular flexibility index (Phi) is 52.6. The average Bonchev–Trinajstić information content (AvgIpc) is 3.29. The van der Waals surface area contributed by atoms with Gasteiger partial charge in [0, 0.05) is 12.8 Å². The molecule has 0 aromatic rings. The number of hydrogen-bond donors (Lipinski definition) is 3. The van der Waals surface area contributed by atoms with Crippen molar-refractivity contribution in [1.29, 1.82) is 0 Å². The van der Waals surface area contributed by atoms with E-state index in [0.29, 0.717) is 25.9 Å². The molecule has 0 fully saturated rings. The van der Waals surface area contributed by atoms with Gasteiger partial charge < -0.3 is 20.3 Å². The summed E-state index contributed by atoms with van der Waals surface area (Å²) in [5, 5.41) is 23.3. The van der Waals surface area contributed by atoms with E-state index in [1.165, 1.54) is 205 Å². The molecule has 0 bridgehead atoms. The van der Waals surface area contributed by atoms with Crippen LogP contribution in [0.15, 0.2) is 24.3 Å². The zero-order chi connectivity index (χ0) is 46.5. The highest BCUT2D eigenvalue weighted by molar-refractivity contribution is 5.76. The molecule has 2 atom stereocenters. The molecule has 0 aliphatic carbocycles. The third kappa shape index (κ3) is 49.8. The average molecular weight is 903 g/mol. The number of allylic oxidation sites excluding steroid dienone is 4. The van der Waals surface area contributed by atoms with E-state index in [9.17, 15) is 19.8 Å².